The Morgan fingerprint density at radius 1 is 0.800 bits per heavy atom. The Kier molecular flexibility index (Phi) is 36.0. The molecule has 0 unspecified atom stereocenters. The second-order valence-corrected chi connectivity index (χ2v) is 4.38. The molecule has 0 aliphatic rings. The van der Waals surface area contributed by atoms with Crippen LogP contribution in [0.3, 0.4) is 0 Å². The minimum atomic E-state index is 0. The summed E-state index contributed by atoms with van der Waals surface area (Å²) in [5, 5.41) is 0. The summed E-state index contributed by atoms with van der Waals surface area (Å²) in [6.07, 6.45) is 0. The van der Waals surface area contributed by atoms with E-state index in [0.717, 1.165) is 0 Å². The summed E-state index contributed by atoms with van der Waals surface area (Å²) in [6, 6.07) is 0. The largest absolute Gasteiger partial charge is 2.00 e. The summed E-state index contributed by atoms with van der Waals surface area (Å²) in [5.41, 5.74) is 0. The van der Waals surface area contributed by atoms with Crippen molar-refractivity contribution in [3.05, 3.63) is 0 Å². The first kappa shape index (κ1) is 30.0. The molecule has 0 aliphatic heterocycles. The van der Waals surface area contributed by atoms with E-state index in [1.54, 1.807) is 9.80 Å². The molecule has 15 heavy (non-hydrogen) atoms. The molecule has 0 N–H and O–H groups in total. The maximum Gasteiger partial charge on any atom is 0.00456 e. The van der Waals surface area contributed by atoms with Gasteiger partial charge in [-0.1, -0.05) is 8.64 Å². The number of nitrogens with zero attached hydrogens (tertiary/aromatic N) is 2. The summed E-state index contributed by atoms with van der Waals surface area (Å²) < 4.78 is 1.02. The second kappa shape index (κ2) is 18.0. The van der Waals surface area contributed by atoms with Gasteiger partial charge in [0.25, 0.3) is 0 Å². The van der Waals surface area contributed by atoms with Crippen LogP contribution in [0.1, 0.15) is 0 Å². The quantitative estimate of drug-likeness (QED) is 0.334. The molecule has 0 radical (unpaired) electrons. The Morgan fingerprint density at radius 2 is 0.867 bits per heavy atom. The van der Waals surface area contributed by atoms with Crippen molar-refractivity contribution in [3.63, 3.8) is 0 Å². The van der Waals surface area contributed by atoms with Crippen LogP contribution in [0.5, 0.6) is 0 Å². The molecule has 0 aromatic carbocycles. The summed E-state index contributed by atoms with van der Waals surface area (Å²) in [7, 11) is 7.31. The third-order valence-corrected chi connectivity index (χ3v) is 2.19. The van der Waals surface area contributed by atoms with Crippen molar-refractivity contribution in [2.24, 2.45) is 0 Å². The fourth-order valence-corrected chi connectivity index (χ4v) is 0. The SMILES string of the molecule is CN(C)C(=S)[S-].CN(C)C(=S)[S-].[Mo].[S-2].[S-2]. The molecule has 0 amide bonds. The first-order valence-corrected chi connectivity index (χ1v) is 4.69. The normalized spacial score (nSPS) is 6.13. The molecule has 0 saturated carbocycles. The van der Waals surface area contributed by atoms with Gasteiger partial charge in [0.1, 0.15) is 0 Å². The van der Waals surface area contributed by atoms with E-state index in [-0.39, 0.29) is 48.1 Å². The van der Waals surface area contributed by atoms with Crippen LogP contribution in [-0.4, -0.2) is 46.6 Å². The van der Waals surface area contributed by atoms with Crippen LogP contribution in [0, 0.1) is 0 Å². The van der Waals surface area contributed by atoms with Crippen molar-refractivity contribution in [2.75, 3.05) is 28.2 Å². The molecule has 2 nitrogen and oxygen atoms in total. The van der Waals surface area contributed by atoms with Crippen LogP contribution in [0.15, 0.2) is 0 Å². The second-order valence-electron chi connectivity index (χ2n) is 2.32. The van der Waals surface area contributed by atoms with Crippen molar-refractivity contribution in [1.82, 2.24) is 9.80 Å². The standard InChI is InChI=1S/2C3H7NS2.Mo.2S/c2*1-4(2)3(5)6;;;/h2*1-2H3,(H,5,6);;;/q;;;2*-2/p-2. The summed E-state index contributed by atoms with van der Waals surface area (Å²) >= 11 is 18.2. The molecule has 0 aromatic rings. The van der Waals surface area contributed by atoms with E-state index < -0.39 is 0 Å². The van der Waals surface area contributed by atoms with Crippen LogP contribution < -0.4 is 0 Å². The van der Waals surface area contributed by atoms with Crippen LogP contribution in [-0.2, 0) is 73.3 Å². The Bertz CT molecular complexity index is 146. The number of thiocarbonyl (C=S) groups is 2. The minimum absolute atomic E-state index is 0. The zero-order chi connectivity index (χ0) is 10.3. The van der Waals surface area contributed by atoms with Gasteiger partial charge in [-0.05, 0) is 0 Å². The van der Waals surface area contributed by atoms with Crippen molar-refractivity contribution in [1.29, 1.82) is 0 Å². The van der Waals surface area contributed by atoms with E-state index >= 15 is 0 Å². The van der Waals surface area contributed by atoms with Gasteiger partial charge in [-0.2, -0.15) is 0 Å². The molecule has 0 bridgehead atoms. The van der Waals surface area contributed by atoms with Crippen molar-refractivity contribution >= 4 is 85.3 Å². The van der Waals surface area contributed by atoms with Gasteiger partial charge in [-0.15, -0.1) is 0 Å². The van der Waals surface area contributed by atoms with Gasteiger partial charge in [0.2, 0.25) is 0 Å². The van der Waals surface area contributed by atoms with E-state index in [2.05, 4.69) is 49.7 Å². The zero-order valence-electron chi connectivity index (χ0n) is 8.75. The first-order valence-electron chi connectivity index (χ1n) is 3.05. The average molecular weight is 401 g/mol. The van der Waals surface area contributed by atoms with E-state index in [9.17, 15) is 0 Å². The van der Waals surface area contributed by atoms with E-state index in [1.807, 2.05) is 28.2 Å². The van der Waals surface area contributed by atoms with Gasteiger partial charge >= 0.3 is 0 Å². The molecular weight excluding hydrogens is 388 g/mol. The number of hydrogen-bond acceptors (Lipinski definition) is 4. The third-order valence-electron chi connectivity index (χ3n) is 0.730. The number of hydrogen-bond donors (Lipinski definition) is 0. The van der Waals surface area contributed by atoms with Gasteiger partial charge in [0.05, 0.1) is 0 Å². The van der Waals surface area contributed by atoms with E-state index in [4.69, 9.17) is 0 Å². The zero-order valence-corrected chi connectivity index (χ0v) is 15.7. The Labute approximate surface area is 143 Å². The Hall–Kier alpha value is 1.61. The predicted octanol–water partition coefficient (Wildman–Crippen LogP) is 0.752. The molecule has 0 aromatic heterocycles. The van der Waals surface area contributed by atoms with Gasteiger partial charge in [0.15, 0.2) is 0 Å². The molecule has 0 saturated heterocycles. The molecule has 0 atom stereocenters. The van der Waals surface area contributed by atoms with E-state index in [1.165, 1.54) is 0 Å². The summed E-state index contributed by atoms with van der Waals surface area (Å²) in [5.74, 6) is 0. The molecule has 0 aliphatic carbocycles. The van der Waals surface area contributed by atoms with Crippen LogP contribution in [0.4, 0.5) is 0 Å². The van der Waals surface area contributed by atoms with Gasteiger partial charge in [-0.25, -0.2) is 0 Å². The fourth-order valence-electron chi connectivity index (χ4n) is 0. The van der Waals surface area contributed by atoms with Crippen molar-refractivity contribution in [3.8, 4) is 0 Å². The monoisotopic (exact) mass is 402 g/mol. The molecule has 0 rings (SSSR count). The number of rotatable bonds is 0. The molecule has 94 valence electrons. The Balaban J connectivity index is -0.0000000370. The van der Waals surface area contributed by atoms with Crippen LogP contribution >= 0.6 is 24.4 Å². The third kappa shape index (κ3) is 31.3. The first-order chi connectivity index (χ1) is 5.29. The van der Waals surface area contributed by atoms with Crippen molar-refractivity contribution < 1.29 is 21.1 Å². The average Bonchev–Trinajstić information content (AvgIpc) is 1.88. The van der Waals surface area contributed by atoms with Gasteiger partial charge < -0.3 is 86.5 Å². The van der Waals surface area contributed by atoms with Gasteiger partial charge in [0, 0.05) is 49.3 Å². The smallest absolute Gasteiger partial charge is 0.00456 e. The summed E-state index contributed by atoms with van der Waals surface area (Å²) in [6.45, 7) is 0. The molecule has 9 heteroatoms. The van der Waals surface area contributed by atoms with Gasteiger partial charge in [-0.3, -0.25) is 0 Å². The predicted molar refractivity (Wildman–Crippen MR) is 82.0 cm³/mol. The maximum absolute atomic E-state index is 4.56. The molecule has 0 spiro atoms. The Morgan fingerprint density at radius 3 is 0.867 bits per heavy atom. The summed E-state index contributed by atoms with van der Waals surface area (Å²) in [4.78, 5) is 3.43. The molecule has 0 heterocycles. The molecule has 0 fully saturated rings. The molecular formula is C6H12MoN2S6-6. The minimum Gasteiger partial charge on any atom is -2.00 e. The van der Waals surface area contributed by atoms with Crippen LogP contribution in [0.25, 0.3) is 0 Å². The topological polar surface area (TPSA) is 6.48 Å². The van der Waals surface area contributed by atoms with E-state index in [0.29, 0.717) is 8.64 Å². The fraction of sp³-hybridized carbons (Fsp3) is 0.667. The van der Waals surface area contributed by atoms with Crippen molar-refractivity contribution in [2.45, 2.75) is 0 Å². The van der Waals surface area contributed by atoms with Crippen LogP contribution in [0.2, 0.25) is 0 Å². The maximum atomic E-state index is 4.56.